The number of aromatic nitrogens is 1. The predicted octanol–water partition coefficient (Wildman–Crippen LogP) is 3.37. The molecule has 0 aromatic carbocycles. The van der Waals surface area contributed by atoms with Crippen molar-refractivity contribution in [3.8, 4) is 0 Å². The molecule has 1 amide bonds. The van der Waals surface area contributed by atoms with Crippen LogP contribution < -0.4 is 4.90 Å². The molecule has 3 heterocycles. The summed E-state index contributed by atoms with van der Waals surface area (Å²) in [6.07, 6.45) is 6.20. The number of hydrogen-bond donors (Lipinski definition) is 0. The van der Waals surface area contributed by atoms with E-state index in [2.05, 4.69) is 4.98 Å². The number of rotatable bonds is 5. The molecule has 0 aliphatic carbocycles. The fraction of sp³-hybridized carbons (Fsp3) is 0.684. The lowest BCUT2D eigenvalue weighted by Crippen LogP contribution is -2.43. The Labute approximate surface area is 159 Å². The van der Waals surface area contributed by atoms with E-state index in [0.29, 0.717) is 35.7 Å². The van der Waals surface area contributed by atoms with E-state index in [-0.39, 0.29) is 11.7 Å². The number of pyridine rings is 1. The van der Waals surface area contributed by atoms with Gasteiger partial charge in [-0.25, -0.2) is 9.37 Å². The number of anilines is 1. The van der Waals surface area contributed by atoms with Crippen molar-refractivity contribution in [3.05, 3.63) is 23.1 Å². The lowest BCUT2D eigenvalue weighted by molar-refractivity contribution is -0.133. The molecule has 144 valence electrons. The maximum Gasteiger partial charge on any atom is 0.224 e. The minimum absolute atomic E-state index is 0.199. The standard InChI is InChI=1S/C19H27ClFN3O2/c1-26-11-6-18(25)23-7-2-14(3-8-23)15-4-9-24(10-5-15)19-17(21)12-16(20)13-22-19/h12-15H,2-11H2,1H3. The summed E-state index contributed by atoms with van der Waals surface area (Å²) in [4.78, 5) is 20.2. The first kappa shape index (κ1) is 19.4. The van der Waals surface area contributed by atoms with E-state index in [0.717, 1.165) is 51.9 Å². The van der Waals surface area contributed by atoms with Crippen molar-refractivity contribution in [2.75, 3.05) is 44.8 Å². The number of piperidine rings is 2. The van der Waals surface area contributed by atoms with Gasteiger partial charge in [-0.15, -0.1) is 0 Å². The van der Waals surface area contributed by atoms with Crippen LogP contribution in [-0.2, 0) is 9.53 Å². The first-order valence-electron chi connectivity index (χ1n) is 9.41. The molecule has 5 nitrogen and oxygen atoms in total. The number of ether oxygens (including phenoxy) is 1. The second-order valence-corrected chi connectivity index (χ2v) is 7.68. The molecule has 0 atom stereocenters. The van der Waals surface area contributed by atoms with Crippen LogP contribution in [0.3, 0.4) is 0 Å². The Bertz CT molecular complexity index is 615. The van der Waals surface area contributed by atoms with E-state index in [1.807, 2.05) is 9.80 Å². The van der Waals surface area contributed by atoms with Gasteiger partial charge in [0.15, 0.2) is 11.6 Å². The summed E-state index contributed by atoms with van der Waals surface area (Å²) in [6.45, 7) is 3.83. The molecule has 7 heteroatoms. The Balaban J connectivity index is 1.46. The molecule has 2 aliphatic heterocycles. The van der Waals surface area contributed by atoms with Crippen molar-refractivity contribution < 1.29 is 13.9 Å². The van der Waals surface area contributed by atoms with Crippen molar-refractivity contribution in [2.24, 2.45) is 11.8 Å². The summed E-state index contributed by atoms with van der Waals surface area (Å²) in [7, 11) is 1.62. The van der Waals surface area contributed by atoms with Crippen LogP contribution in [0.25, 0.3) is 0 Å². The van der Waals surface area contributed by atoms with Crippen LogP contribution in [0.1, 0.15) is 32.1 Å². The first-order valence-corrected chi connectivity index (χ1v) is 9.79. The Morgan fingerprint density at radius 2 is 1.85 bits per heavy atom. The van der Waals surface area contributed by atoms with Crippen LogP contribution in [0.15, 0.2) is 12.3 Å². The Morgan fingerprint density at radius 3 is 2.42 bits per heavy atom. The predicted molar refractivity (Wildman–Crippen MR) is 99.9 cm³/mol. The number of nitrogens with zero attached hydrogens (tertiary/aromatic N) is 3. The summed E-state index contributed by atoms with van der Waals surface area (Å²) in [5.74, 6) is 1.57. The van der Waals surface area contributed by atoms with Crippen LogP contribution >= 0.6 is 11.6 Å². The molecule has 1 aromatic heterocycles. The average molecular weight is 384 g/mol. The molecule has 3 rings (SSSR count). The zero-order valence-electron chi connectivity index (χ0n) is 15.3. The molecule has 26 heavy (non-hydrogen) atoms. The van der Waals surface area contributed by atoms with Gasteiger partial charge < -0.3 is 14.5 Å². The van der Waals surface area contributed by atoms with Gasteiger partial charge in [-0.05, 0) is 43.6 Å². The molecule has 2 saturated heterocycles. The van der Waals surface area contributed by atoms with Crippen LogP contribution in [0.2, 0.25) is 5.02 Å². The summed E-state index contributed by atoms with van der Waals surface area (Å²) >= 11 is 5.79. The van der Waals surface area contributed by atoms with Gasteiger partial charge in [-0.3, -0.25) is 4.79 Å². The maximum atomic E-state index is 14.1. The largest absolute Gasteiger partial charge is 0.384 e. The van der Waals surface area contributed by atoms with Gasteiger partial charge in [0.2, 0.25) is 5.91 Å². The summed E-state index contributed by atoms with van der Waals surface area (Å²) < 4.78 is 19.0. The van der Waals surface area contributed by atoms with Crippen molar-refractivity contribution >= 4 is 23.3 Å². The SMILES string of the molecule is COCCC(=O)N1CCC(C2CCN(c3ncc(Cl)cc3F)CC2)CC1. The average Bonchev–Trinajstić information content (AvgIpc) is 2.66. The molecule has 0 spiro atoms. The van der Waals surface area contributed by atoms with Crippen molar-refractivity contribution in [1.82, 2.24) is 9.88 Å². The molecule has 2 fully saturated rings. The second kappa shape index (κ2) is 9.00. The molecule has 0 bridgehead atoms. The van der Waals surface area contributed by atoms with Gasteiger partial charge >= 0.3 is 0 Å². The highest BCUT2D eigenvalue weighted by Gasteiger charge is 2.31. The third kappa shape index (κ3) is 4.65. The van der Waals surface area contributed by atoms with Crippen LogP contribution in [0.5, 0.6) is 0 Å². The van der Waals surface area contributed by atoms with Crippen LogP contribution in [0.4, 0.5) is 10.2 Å². The number of likely N-dealkylation sites (tertiary alicyclic amines) is 1. The molecule has 1 aromatic rings. The summed E-state index contributed by atoms with van der Waals surface area (Å²) in [5.41, 5.74) is 0. The number of methoxy groups -OCH3 is 1. The van der Waals surface area contributed by atoms with Gasteiger partial charge in [0.05, 0.1) is 18.1 Å². The molecule has 0 radical (unpaired) electrons. The maximum absolute atomic E-state index is 14.1. The van der Waals surface area contributed by atoms with E-state index in [9.17, 15) is 9.18 Å². The topological polar surface area (TPSA) is 45.7 Å². The van der Waals surface area contributed by atoms with Gasteiger partial charge in [-0.1, -0.05) is 11.6 Å². The zero-order chi connectivity index (χ0) is 18.5. The lowest BCUT2D eigenvalue weighted by atomic mass is 9.78. The smallest absolute Gasteiger partial charge is 0.224 e. The van der Waals surface area contributed by atoms with E-state index >= 15 is 0 Å². The molecular weight excluding hydrogens is 357 g/mol. The van der Waals surface area contributed by atoms with E-state index in [4.69, 9.17) is 16.3 Å². The fourth-order valence-corrected chi connectivity index (χ4v) is 4.34. The minimum atomic E-state index is -0.348. The van der Waals surface area contributed by atoms with Crippen molar-refractivity contribution in [3.63, 3.8) is 0 Å². The second-order valence-electron chi connectivity index (χ2n) is 7.24. The Hall–Kier alpha value is -1.40. The van der Waals surface area contributed by atoms with Crippen molar-refractivity contribution in [2.45, 2.75) is 32.1 Å². The van der Waals surface area contributed by atoms with Gasteiger partial charge in [0.1, 0.15) is 0 Å². The van der Waals surface area contributed by atoms with E-state index < -0.39 is 0 Å². The number of carbonyl (C=O) groups is 1. The molecule has 2 aliphatic rings. The Kier molecular flexibility index (Phi) is 6.70. The van der Waals surface area contributed by atoms with E-state index in [1.54, 1.807) is 7.11 Å². The molecular formula is C19H27ClFN3O2. The van der Waals surface area contributed by atoms with E-state index in [1.165, 1.54) is 12.3 Å². The quantitative estimate of drug-likeness (QED) is 0.782. The number of halogens is 2. The normalized spacial score (nSPS) is 19.8. The van der Waals surface area contributed by atoms with Gasteiger partial charge in [0.25, 0.3) is 0 Å². The molecule has 0 N–H and O–H groups in total. The summed E-state index contributed by atoms with van der Waals surface area (Å²) in [5, 5.41) is 0.327. The first-order chi connectivity index (χ1) is 12.6. The highest BCUT2D eigenvalue weighted by molar-refractivity contribution is 6.30. The highest BCUT2D eigenvalue weighted by atomic mass is 35.5. The third-order valence-electron chi connectivity index (χ3n) is 5.71. The number of hydrogen-bond acceptors (Lipinski definition) is 4. The monoisotopic (exact) mass is 383 g/mol. The molecule has 0 saturated carbocycles. The lowest BCUT2D eigenvalue weighted by Gasteiger charge is -2.40. The number of carbonyl (C=O) groups excluding carboxylic acids is 1. The minimum Gasteiger partial charge on any atom is -0.384 e. The fourth-order valence-electron chi connectivity index (χ4n) is 4.19. The van der Waals surface area contributed by atoms with Crippen LogP contribution in [0, 0.1) is 17.7 Å². The summed E-state index contributed by atoms with van der Waals surface area (Å²) in [6, 6.07) is 1.33. The molecule has 0 unspecified atom stereocenters. The van der Waals surface area contributed by atoms with Crippen LogP contribution in [-0.4, -0.2) is 55.7 Å². The van der Waals surface area contributed by atoms with Gasteiger partial charge in [0, 0.05) is 39.5 Å². The highest BCUT2D eigenvalue weighted by Crippen LogP contribution is 2.34. The number of amides is 1. The van der Waals surface area contributed by atoms with Gasteiger partial charge in [-0.2, -0.15) is 0 Å². The van der Waals surface area contributed by atoms with Crippen molar-refractivity contribution in [1.29, 1.82) is 0 Å². The Morgan fingerprint density at radius 1 is 1.23 bits per heavy atom. The third-order valence-corrected chi connectivity index (χ3v) is 5.91. The zero-order valence-corrected chi connectivity index (χ0v) is 16.1.